The molecule has 1 rings (SSSR count). The van der Waals surface area contributed by atoms with Crippen molar-refractivity contribution in [2.24, 2.45) is 10.9 Å². The first kappa shape index (κ1) is 15.6. The van der Waals surface area contributed by atoms with Crippen LogP contribution in [0.4, 0.5) is 0 Å². The van der Waals surface area contributed by atoms with E-state index in [1.165, 1.54) is 13.2 Å². The molecule has 0 aliphatic heterocycles. The van der Waals surface area contributed by atoms with Gasteiger partial charge in [0.25, 0.3) is 5.91 Å². The number of hydrogen-bond acceptors (Lipinski definition) is 5. The standard InChI is InChI=1S/C13H19N3O4/c1-20-10-6-4-5-9(12(10)17)13(18)15-8-3-2-7-11(14)16-19/h4-6,17,19H,2-3,7-8H2,1H3,(H2,14,16)(H,15,18). The molecule has 0 spiro atoms. The highest BCUT2D eigenvalue weighted by molar-refractivity contribution is 5.97. The van der Waals surface area contributed by atoms with Crippen molar-refractivity contribution in [2.45, 2.75) is 19.3 Å². The maximum absolute atomic E-state index is 11.9. The Morgan fingerprint density at radius 2 is 2.20 bits per heavy atom. The molecule has 0 unspecified atom stereocenters. The van der Waals surface area contributed by atoms with Gasteiger partial charge in [0.15, 0.2) is 11.5 Å². The average molecular weight is 281 g/mol. The number of aromatic hydroxyl groups is 1. The van der Waals surface area contributed by atoms with Crippen molar-refractivity contribution in [1.82, 2.24) is 5.32 Å². The van der Waals surface area contributed by atoms with Crippen LogP contribution in [0.3, 0.4) is 0 Å². The van der Waals surface area contributed by atoms with E-state index >= 15 is 0 Å². The van der Waals surface area contributed by atoms with Crippen LogP contribution in [0.15, 0.2) is 23.4 Å². The Morgan fingerprint density at radius 1 is 1.45 bits per heavy atom. The molecule has 1 aromatic rings. The van der Waals surface area contributed by atoms with E-state index in [1.807, 2.05) is 0 Å². The molecule has 0 radical (unpaired) electrons. The molecule has 7 heteroatoms. The maximum Gasteiger partial charge on any atom is 0.255 e. The van der Waals surface area contributed by atoms with E-state index in [-0.39, 0.29) is 28.8 Å². The molecule has 0 bridgehead atoms. The third-order valence-corrected chi connectivity index (χ3v) is 2.74. The summed E-state index contributed by atoms with van der Waals surface area (Å²) in [7, 11) is 1.42. The third-order valence-electron chi connectivity index (χ3n) is 2.74. The summed E-state index contributed by atoms with van der Waals surface area (Å²) in [6, 6.07) is 4.72. The fraction of sp³-hybridized carbons (Fsp3) is 0.385. The van der Waals surface area contributed by atoms with Gasteiger partial charge in [0.05, 0.1) is 12.7 Å². The first-order valence-corrected chi connectivity index (χ1v) is 6.20. The number of ether oxygens (including phenoxy) is 1. The molecule has 7 nitrogen and oxygen atoms in total. The van der Waals surface area contributed by atoms with Gasteiger partial charge in [-0.05, 0) is 25.0 Å². The third kappa shape index (κ3) is 4.34. The number of nitrogens with one attached hydrogen (secondary N) is 1. The Balaban J connectivity index is 2.44. The van der Waals surface area contributed by atoms with Gasteiger partial charge in [0, 0.05) is 13.0 Å². The normalized spacial score (nSPS) is 11.2. The number of carbonyl (C=O) groups excluding carboxylic acids is 1. The van der Waals surface area contributed by atoms with Crippen LogP contribution < -0.4 is 15.8 Å². The Bertz CT molecular complexity index is 489. The average Bonchev–Trinajstić information content (AvgIpc) is 2.46. The summed E-state index contributed by atoms with van der Waals surface area (Å²) in [5, 5.41) is 23.7. The fourth-order valence-corrected chi connectivity index (χ4v) is 1.65. The predicted octanol–water partition coefficient (Wildman–Crippen LogP) is 1.05. The highest BCUT2D eigenvalue weighted by atomic mass is 16.5. The smallest absolute Gasteiger partial charge is 0.255 e. The van der Waals surface area contributed by atoms with Crippen molar-refractivity contribution < 1.29 is 19.8 Å². The number of oxime groups is 1. The minimum absolute atomic E-state index is 0.167. The Labute approximate surface area is 117 Å². The maximum atomic E-state index is 11.9. The number of phenols is 1. The molecular formula is C13H19N3O4. The number of unbranched alkanes of at least 4 members (excludes halogenated alkanes) is 1. The van der Waals surface area contributed by atoms with Crippen LogP contribution in [-0.2, 0) is 0 Å². The minimum atomic E-state index is -0.370. The molecule has 0 heterocycles. The summed E-state index contributed by atoms with van der Waals surface area (Å²) in [6.07, 6.45) is 1.85. The van der Waals surface area contributed by atoms with Crippen LogP contribution in [0.1, 0.15) is 29.6 Å². The second-order valence-corrected chi connectivity index (χ2v) is 4.16. The summed E-state index contributed by atoms with van der Waals surface area (Å²) in [5.41, 5.74) is 5.49. The monoisotopic (exact) mass is 281 g/mol. The molecule has 0 aliphatic carbocycles. The number of amidine groups is 1. The number of phenolic OH excluding ortho intramolecular Hbond substituents is 1. The number of para-hydroxylation sites is 1. The van der Waals surface area contributed by atoms with Crippen molar-refractivity contribution in [1.29, 1.82) is 0 Å². The number of hydrogen-bond donors (Lipinski definition) is 4. The highest BCUT2D eigenvalue weighted by Crippen LogP contribution is 2.29. The quantitative estimate of drug-likeness (QED) is 0.196. The van der Waals surface area contributed by atoms with Crippen LogP contribution in [0.25, 0.3) is 0 Å². The van der Waals surface area contributed by atoms with Gasteiger partial charge in [-0.15, -0.1) is 0 Å². The SMILES string of the molecule is COc1cccc(C(=O)NCCCCC(N)=NO)c1O. The highest BCUT2D eigenvalue weighted by Gasteiger charge is 2.13. The molecule has 1 aromatic carbocycles. The fourth-order valence-electron chi connectivity index (χ4n) is 1.65. The molecule has 0 saturated carbocycles. The van der Waals surface area contributed by atoms with Crippen LogP contribution >= 0.6 is 0 Å². The number of benzene rings is 1. The van der Waals surface area contributed by atoms with Crippen molar-refractivity contribution in [3.63, 3.8) is 0 Å². The number of carbonyl (C=O) groups is 1. The predicted molar refractivity (Wildman–Crippen MR) is 74.3 cm³/mol. The largest absolute Gasteiger partial charge is 0.504 e. The topological polar surface area (TPSA) is 117 Å². The Morgan fingerprint density at radius 3 is 2.85 bits per heavy atom. The summed E-state index contributed by atoms with van der Waals surface area (Å²) in [5.74, 6) is -0.124. The number of nitrogens with zero attached hydrogens (tertiary/aromatic N) is 1. The molecule has 1 amide bonds. The lowest BCUT2D eigenvalue weighted by atomic mass is 10.1. The van der Waals surface area contributed by atoms with Gasteiger partial charge in [-0.3, -0.25) is 4.79 Å². The molecule has 0 aromatic heterocycles. The lowest BCUT2D eigenvalue weighted by molar-refractivity contribution is 0.0949. The van der Waals surface area contributed by atoms with Crippen molar-refractivity contribution in [2.75, 3.05) is 13.7 Å². The number of rotatable bonds is 7. The zero-order valence-electron chi connectivity index (χ0n) is 11.3. The molecule has 0 atom stereocenters. The van der Waals surface area contributed by atoms with Gasteiger partial charge in [-0.25, -0.2) is 0 Å². The van der Waals surface area contributed by atoms with Crippen LogP contribution in [0.2, 0.25) is 0 Å². The van der Waals surface area contributed by atoms with E-state index in [0.717, 1.165) is 0 Å². The molecule has 0 aliphatic rings. The summed E-state index contributed by atoms with van der Waals surface area (Å²) < 4.78 is 4.94. The van der Waals surface area contributed by atoms with Crippen LogP contribution in [0.5, 0.6) is 11.5 Å². The van der Waals surface area contributed by atoms with E-state index in [9.17, 15) is 9.90 Å². The van der Waals surface area contributed by atoms with Gasteiger partial charge in [-0.1, -0.05) is 11.2 Å². The summed E-state index contributed by atoms with van der Waals surface area (Å²) in [4.78, 5) is 11.9. The van der Waals surface area contributed by atoms with Crippen LogP contribution in [-0.4, -0.2) is 35.7 Å². The summed E-state index contributed by atoms with van der Waals surface area (Å²) in [6.45, 7) is 0.439. The first-order valence-electron chi connectivity index (χ1n) is 6.20. The molecule has 0 fully saturated rings. The molecule has 5 N–H and O–H groups in total. The first-order chi connectivity index (χ1) is 9.60. The Hall–Kier alpha value is -2.44. The zero-order chi connectivity index (χ0) is 15.0. The zero-order valence-corrected chi connectivity index (χ0v) is 11.3. The molecule has 110 valence electrons. The van der Waals surface area contributed by atoms with Crippen molar-refractivity contribution in [3.8, 4) is 11.5 Å². The number of amides is 1. The second kappa shape index (κ2) is 7.88. The van der Waals surface area contributed by atoms with Gasteiger partial charge in [0.1, 0.15) is 5.84 Å². The van der Waals surface area contributed by atoms with Gasteiger partial charge in [-0.2, -0.15) is 0 Å². The lowest BCUT2D eigenvalue weighted by Crippen LogP contribution is -2.24. The van der Waals surface area contributed by atoms with E-state index in [0.29, 0.717) is 25.8 Å². The van der Waals surface area contributed by atoms with Gasteiger partial charge in [0.2, 0.25) is 0 Å². The second-order valence-electron chi connectivity index (χ2n) is 4.16. The van der Waals surface area contributed by atoms with Gasteiger partial charge < -0.3 is 26.1 Å². The van der Waals surface area contributed by atoms with E-state index in [1.54, 1.807) is 12.1 Å². The van der Waals surface area contributed by atoms with Gasteiger partial charge >= 0.3 is 0 Å². The van der Waals surface area contributed by atoms with E-state index in [4.69, 9.17) is 15.7 Å². The van der Waals surface area contributed by atoms with Crippen molar-refractivity contribution >= 4 is 11.7 Å². The minimum Gasteiger partial charge on any atom is -0.504 e. The molecular weight excluding hydrogens is 262 g/mol. The number of nitrogens with two attached hydrogens (primary N) is 1. The van der Waals surface area contributed by atoms with Crippen LogP contribution in [0, 0.1) is 0 Å². The number of methoxy groups -OCH3 is 1. The summed E-state index contributed by atoms with van der Waals surface area (Å²) >= 11 is 0. The van der Waals surface area contributed by atoms with Crippen molar-refractivity contribution in [3.05, 3.63) is 23.8 Å². The Kier molecular flexibility index (Phi) is 6.15. The molecule has 0 saturated heterocycles. The lowest BCUT2D eigenvalue weighted by Gasteiger charge is -2.09. The molecule has 20 heavy (non-hydrogen) atoms. The van der Waals surface area contributed by atoms with E-state index < -0.39 is 0 Å². The van der Waals surface area contributed by atoms with E-state index in [2.05, 4.69) is 10.5 Å².